The van der Waals surface area contributed by atoms with Crippen molar-refractivity contribution >= 4 is 11.3 Å². The summed E-state index contributed by atoms with van der Waals surface area (Å²) in [7, 11) is 0. The number of hydrogen-bond donors (Lipinski definition) is 1. The molecule has 0 radical (unpaired) electrons. The first kappa shape index (κ1) is 15.1. The number of rotatable bonds is 6. The first-order valence-corrected chi connectivity index (χ1v) is 7.71. The molecule has 1 N–H and O–H groups in total. The number of thiophene rings is 1. The van der Waals surface area contributed by atoms with Gasteiger partial charge in [-0.25, -0.2) is 8.78 Å². The maximum Gasteiger partial charge on any atom is 0.128 e. The Morgan fingerprint density at radius 3 is 2.50 bits per heavy atom. The van der Waals surface area contributed by atoms with Crippen molar-refractivity contribution in [3.8, 4) is 0 Å². The minimum atomic E-state index is -0.398. The van der Waals surface area contributed by atoms with Crippen LogP contribution in [0.2, 0.25) is 0 Å². The molecule has 1 nitrogen and oxygen atoms in total. The van der Waals surface area contributed by atoms with Gasteiger partial charge in [0.1, 0.15) is 11.6 Å². The zero-order chi connectivity index (χ0) is 14.5. The standard InChI is InChI=1S/C16H19F2NS/c1-3-12-6-7-13(20-12)10-16(19-4-2)14-9-11(17)5-8-15(14)18/h5-9,16,19H,3-4,10H2,1-2H3. The van der Waals surface area contributed by atoms with Gasteiger partial charge in [-0.2, -0.15) is 0 Å². The Hall–Kier alpha value is -1.26. The molecule has 2 aromatic rings. The molecule has 1 aromatic carbocycles. The van der Waals surface area contributed by atoms with E-state index in [1.807, 2.05) is 6.92 Å². The summed E-state index contributed by atoms with van der Waals surface area (Å²) in [4.78, 5) is 2.51. The Labute approximate surface area is 122 Å². The largest absolute Gasteiger partial charge is 0.310 e. The third-order valence-electron chi connectivity index (χ3n) is 3.26. The van der Waals surface area contributed by atoms with Crippen molar-refractivity contribution in [1.82, 2.24) is 5.32 Å². The van der Waals surface area contributed by atoms with Crippen LogP contribution in [0.3, 0.4) is 0 Å². The molecule has 0 saturated heterocycles. The minimum Gasteiger partial charge on any atom is -0.310 e. The molecule has 0 aliphatic rings. The lowest BCUT2D eigenvalue weighted by molar-refractivity contribution is 0.504. The van der Waals surface area contributed by atoms with E-state index in [9.17, 15) is 8.78 Å². The van der Waals surface area contributed by atoms with Gasteiger partial charge in [0.25, 0.3) is 0 Å². The fourth-order valence-electron chi connectivity index (χ4n) is 2.24. The maximum absolute atomic E-state index is 13.9. The lowest BCUT2D eigenvalue weighted by Gasteiger charge is -2.18. The summed E-state index contributed by atoms with van der Waals surface area (Å²) in [5, 5.41) is 3.24. The summed E-state index contributed by atoms with van der Waals surface area (Å²) in [6.45, 7) is 4.80. The molecule has 0 aliphatic heterocycles. The van der Waals surface area contributed by atoms with E-state index in [4.69, 9.17) is 0 Å². The molecule has 0 bridgehead atoms. The van der Waals surface area contributed by atoms with Crippen LogP contribution in [0, 0.1) is 11.6 Å². The third kappa shape index (κ3) is 3.64. The number of likely N-dealkylation sites (N-methyl/N-ethyl adjacent to an activating group) is 1. The van der Waals surface area contributed by atoms with Gasteiger partial charge >= 0.3 is 0 Å². The Morgan fingerprint density at radius 2 is 1.85 bits per heavy atom. The zero-order valence-corrected chi connectivity index (χ0v) is 12.6. The summed E-state index contributed by atoms with van der Waals surface area (Å²) in [6.07, 6.45) is 1.68. The second-order valence-corrected chi connectivity index (χ2v) is 5.95. The lowest BCUT2D eigenvalue weighted by Crippen LogP contribution is -2.23. The maximum atomic E-state index is 13.9. The first-order chi connectivity index (χ1) is 9.63. The highest BCUT2D eigenvalue weighted by Gasteiger charge is 2.17. The monoisotopic (exact) mass is 295 g/mol. The van der Waals surface area contributed by atoms with E-state index in [2.05, 4.69) is 24.4 Å². The molecule has 1 aromatic heterocycles. The summed E-state index contributed by atoms with van der Waals surface area (Å²) < 4.78 is 27.3. The number of halogens is 2. The topological polar surface area (TPSA) is 12.0 Å². The molecule has 1 unspecified atom stereocenters. The number of hydrogen-bond acceptors (Lipinski definition) is 2. The average Bonchev–Trinajstić information content (AvgIpc) is 2.89. The number of nitrogens with one attached hydrogen (secondary N) is 1. The molecule has 1 heterocycles. The highest BCUT2D eigenvalue weighted by atomic mass is 32.1. The molecule has 0 spiro atoms. The Kier molecular flexibility index (Phi) is 5.26. The van der Waals surface area contributed by atoms with Crippen LogP contribution in [-0.4, -0.2) is 6.54 Å². The van der Waals surface area contributed by atoms with Crippen LogP contribution < -0.4 is 5.32 Å². The van der Waals surface area contributed by atoms with Crippen molar-refractivity contribution in [3.05, 3.63) is 57.3 Å². The molecule has 4 heteroatoms. The van der Waals surface area contributed by atoms with E-state index in [-0.39, 0.29) is 11.9 Å². The van der Waals surface area contributed by atoms with Gasteiger partial charge in [-0.05, 0) is 43.3 Å². The van der Waals surface area contributed by atoms with Crippen LogP contribution in [0.15, 0.2) is 30.3 Å². The van der Waals surface area contributed by atoms with Gasteiger partial charge in [-0.1, -0.05) is 13.8 Å². The second kappa shape index (κ2) is 6.95. The Morgan fingerprint density at radius 1 is 1.10 bits per heavy atom. The van der Waals surface area contributed by atoms with Crippen molar-refractivity contribution in [2.75, 3.05) is 6.54 Å². The van der Waals surface area contributed by atoms with Crippen molar-refractivity contribution in [1.29, 1.82) is 0 Å². The highest BCUT2D eigenvalue weighted by Crippen LogP contribution is 2.26. The SMILES string of the molecule is CCNC(Cc1ccc(CC)s1)c1cc(F)ccc1F. The van der Waals surface area contributed by atoms with Crippen LogP contribution in [-0.2, 0) is 12.8 Å². The smallest absolute Gasteiger partial charge is 0.128 e. The fourth-order valence-corrected chi connectivity index (χ4v) is 3.25. The minimum absolute atomic E-state index is 0.195. The molecule has 0 amide bonds. The molecule has 0 aliphatic carbocycles. The van der Waals surface area contributed by atoms with E-state index < -0.39 is 5.82 Å². The quantitative estimate of drug-likeness (QED) is 0.828. The number of aryl methyl sites for hydroxylation is 1. The Bertz CT molecular complexity index is 565. The third-order valence-corrected chi connectivity index (χ3v) is 4.51. The van der Waals surface area contributed by atoms with Crippen LogP contribution in [0.1, 0.15) is 35.2 Å². The molecular weight excluding hydrogens is 276 g/mol. The lowest BCUT2D eigenvalue weighted by atomic mass is 10.0. The molecular formula is C16H19F2NS. The fraction of sp³-hybridized carbons (Fsp3) is 0.375. The molecule has 1 atom stereocenters. The van der Waals surface area contributed by atoms with Gasteiger partial charge in [0.2, 0.25) is 0 Å². The summed E-state index contributed by atoms with van der Waals surface area (Å²) in [5.41, 5.74) is 0.401. The van der Waals surface area contributed by atoms with Gasteiger partial charge in [0.15, 0.2) is 0 Å². The highest BCUT2D eigenvalue weighted by molar-refractivity contribution is 7.11. The zero-order valence-electron chi connectivity index (χ0n) is 11.7. The van der Waals surface area contributed by atoms with Gasteiger partial charge in [0.05, 0.1) is 0 Å². The predicted molar refractivity (Wildman–Crippen MR) is 80.2 cm³/mol. The number of benzene rings is 1. The van der Waals surface area contributed by atoms with Crippen LogP contribution in [0.5, 0.6) is 0 Å². The summed E-state index contributed by atoms with van der Waals surface area (Å²) in [6, 6.07) is 7.62. The van der Waals surface area contributed by atoms with E-state index >= 15 is 0 Å². The summed E-state index contributed by atoms with van der Waals surface area (Å²) in [5.74, 6) is -0.755. The molecule has 108 valence electrons. The Balaban J connectivity index is 2.23. The van der Waals surface area contributed by atoms with Crippen LogP contribution >= 0.6 is 11.3 Å². The van der Waals surface area contributed by atoms with E-state index in [1.165, 1.54) is 21.9 Å². The van der Waals surface area contributed by atoms with Gasteiger partial charge in [0, 0.05) is 27.8 Å². The van der Waals surface area contributed by atoms with Crippen LogP contribution in [0.4, 0.5) is 8.78 Å². The van der Waals surface area contributed by atoms with Gasteiger partial charge < -0.3 is 5.32 Å². The first-order valence-electron chi connectivity index (χ1n) is 6.90. The summed E-state index contributed by atoms with van der Waals surface area (Å²) >= 11 is 1.74. The van der Waals surface area contributed by atoms with Crippen molar-refractivity contribution in [2.24, 2.45) is 0 Å². The molecule has 0 saturated carbocycles. The second-order valence-electron chi connectivity index (χ2n) is 4.70. The molecule has 20 heavy (non-hydrogen) atoms. The van der Waals surface area contributed by atoms with Crippen molar-refractivity contribution in [3.63, 3.8) is 0 Å². The average molecular weight is 295 g/mol. The van der Waals surface area contributed by atoms with Crippen molar-refractivity contribution < 1.29 is 8.78 Å². The van der Waals surface area contributed by atoms with Crippen LogP contribution in [0.25, 0.3) is 0 Å². The normalized spacial score (nSPS) is 12.6. The van der Waals surface area contributed by atoms with Gasteiger partial charge in [-0.15, -0.1) is 11.3 Å². The molecule has 0 fully saturated rings. The van der Waals surface area contributed by atoms with E-state index in [0.29, 0.717) is 18.5 Å². The van der Waals surface area contributed by atoms with Crippen molar-refractivity contribution in [2.45, 2.75) is 32.7 Å². The van der Waals surface area contributed by atoms with E-state index in [0.717, 1.165) is 12.5 Å². The van der Waals surface area contributed by atoms with E-state index in [1.54, 1.807) is 11.3 Å². The predicted octanol–water partition coefficient (Wildman–Crippen LogP) is 4.48. The molecule has 2 rings (SSSR count). The van der Waals surface area contributed by atoms with Gasteiger partial charge in [-0.3, -0.25) is 0 Å².